The molecule has 0 amide bonds. The van der Waals surface area contributed by atoms with E-state index in [2.05, 4.69) is 35.1 Å². The van der Waals surface area contributed by atoms with Crippen LogP contribution in [0.4, 0.5) is 0 Å². The van der Waals surface area contributed by atoms with Gasteiger partial charge in [-0.2, -0.15) is 0 Å². The van der Waals surface area contributed by atoms with Crippen LogP contribution in [0.3, 0.4) is 0 Å². The molecule has 0 bridgehead atoms. The topological polar surface area (TPSA) is 40.3 Å². The summed E-state index contributed by atoms with van der Waals surface area (Å²) in [4.78, 5) is 5.79. The Bertz CT molecular complexity index is 356. The molecule has 1 saturated heterocycles. The maximum Gasteiger partial charge on any atom is 0.0593 e. The van der Waals surface area contributed by atoms with E-state index in [0.717, 1.165) is 52.4 Å². The number of ether oxygens (including phenoxy) is 1. The maximum atomic E-state index is 5.73. The minimum absolute atomic E-state index is 0.824. The molecule has 0 radical (unpaired) electrons. The molecule has 1 aliphatic rings. The quantitative estimate of drug-likeness (QED) is 0.744. The van der Waals surface area contributed by atoms with Crippen molar-refractivity contribution in [3.8, 4) is 0 Å². The Hall–Kier alpha value is -0.840. The molecular weight excluding hydrogens is 226 g/mol. The average Bonchev–Trinajstić information content (AvgIpc) is 2.69. The number of rotatable bonds is 6. The first kappa shape index (κ1) is 13.6. The SMILES string of the molecule is Cc1cc(CCOCCN2CCNCC2)c(C)[nH]1. The fraction of sp³-hybridized carbons (Fsp3) is 0.714. The summed E-state index contributed by atoms with van der Waals surface area (Å²) in [5.74, 6) is 0. The molecule has 102 valence electrons. The molecule has 0 atom stereocenters. The summed E-state index contributed by atoms with van der Waals surface area (Å²) in [5.41, 5.74) is 3.90. The summed E-state index contributed by atoms with van der Waals surface area (Å²) in [5, 5.41) is 3.36. The molecule has 0 unspecified atom stereocenters. The predicted octanol–water partition coefficient (Wildman–Crippen LogP) is 1.10. The summed E-state index contributed by atoms with van der Waals surface area (Å²) < 4.78 is 5.73. The van der Waals surface area contributed by atoms with E-state index in [4.69, 9.17) is 4.74 Å². The van der Waals surface area contributed by atoms with E-state index in [1.165, 1.54) is 17.0 Å². The first-order valence-electron chi connectivity index (χ1n) is 6.91. The fourth-order valence-corrected chi connectivity index (χ4v) is 2.45. The van der Waals surface area contributed by atoms with Crippen LogP contribution in [0, 0.1) is 13.8 Å². The van der Waals surface area contributed by atoms with Crippen molar-refractivity contribution < 1.29 is 4.74 Å². The normalized spacial score (nSPS) is 17.2. The second-order valence-corrected chi connectivity index (χ2v) is 5.06. The molecule has 1 fully saturated rings. The molecule has 0 spiro atoms. The van der Waals surface area contributed by atoms with Crippen molar-refractivity contribution in [3.05, 3.63) is 23.0 Å². The first-order chi connectivity index (χ1) is 8.75. The molecule has 2 N–H and O–H groups in total. The summed E-state index contributed by atoms with van der Waals surface area (Å²) in [6.07, 6.45) is 1.01. The van der Waals surface area contributed by atoms with Crippen LogP contribution in [-0.2, 0) is 11.2 Å². The molecule has 2 rings (SSSR count). The average molecular weight is 251 g/mol. The molecule has 1 aliphatic heterocycles. The zero-order chi connectivity index (χ0) is 12.8. The minimum Gasteiger partial charge on any atom is -0.380 e. The molecule has 2 heterocycles. The molecule has 4 nitrogen and oxygen atoms in total. The van der Waals surface area contributed by atoms with Crippen LogP contribution < -0.4 is 5.32 Å². The van der Waals surface area contributed by atoms with Crippen LogP contribution in [0.25, 0.3) is 0 Å². The zero-order valence-electron chi connectivity index (χ0n) is 11.6. The monoisotopic (exact) mass is 251 g/mol. The standard InChI is InChI=1S/C14H25N3O/c1-12-11-14(13(2)16-12)3-9-18-10-8-17-6-4-15-5-7-17/h11,15-16H,3-10H2,1-2H3. The van der Waals surface area contributed by atoms with Crippen molar-refractivity contribution in [3.63, 3.8) is 0 Å². The number of H-pyrrole nitrogens is 1. The second-order valence-electron chi connectivity index (χ2n) is 5.06. The predicted molar refractivity (Wildman–Crippen MR) is 74.1 cm³/mol. The van der Waals surface area contributed by atoms with Gasteiger partial charge in [0.25, 0.3) is 0 Å². The molecule has 0 saturated carbocycles. The van der Waals surface area contributed by atoms with E-state index >= 15 is 0 Å². The second kappa shape index (κ2) is 6.92. The van der Waals surface area contributed by atoms with Crippen molar-refractivity contribution >= 4 is 0 Å². The van der Waals surface area contributed by atoms with Crippen LogP contribution >= 0.6 is 0 Å². The van der Waals surface area contributed by atoms with Crippen LogP contribution in [0.5, 0.6) is 0 Å². The largest absolute Gasteiger partial charge is 0.380 e. The summed E-state index contributed by atoms with van der Waals surface area (Å²) in [6, 6.07) is 2.22. The Labute approximate surface area is 110 Å². The number of nitrogens with zero attached hydrogens (tertiary/aromatic N) is 1. The van der Waals surface area contributed by atoms with Crippen molar-refractivity contribution in [2.45, 2.75) is 20.3 Å². The van der Waals surface area contributed by atoms with Gasteiger partial charge in [0.05, 0.1) is 13.2 Å². The third-order valence-corrected chi connectivity index (χ3v) is 3.53. The molecule has 0 aromatic carbocycles. The lowest BCUT2D eigenvalue weighted by Crippen LogP contribution is -2.44. The van der Waals surface area contributed by atoms with Gasteiger partial charge in [0, 0.05) is 44.1 Å². The van der Waals surface area contributed by atoms with E-state index in [0.29, 0.717) is 0 Å². The van der Waals surface area contributed by atoms with Gasteiger partial charge in [-0.15, -0.1) is 0 Å². The van der Waals surface area contributed by atoms with Crippen molar-refractivity contribution in [1.82, 2.24) is 15.2 Å². The van der Waals surface area contributed by atoms with Crippen molar-refractivity contribution in [2.24, 2.45) is 0 Å². The lowest BCUT2D eigenvalue weighted by molar-refractivity contribution is 0.101. The highest BCUT2D eigenvalue weighted by Gasteiger charge is 2.08. The molecular formula is C14H25N3O. The number of aromatic nitrogens is 1. The van der Waals surface area contributed by atoms with Crippen molar-refractivity contribution in [2.75, 3.05) is 45.9 Å². The molecule has 1 aromatic heterocycles. The zero-order valence-corrected chi connectivity index (χ0v) is 11.6. The van der Waals surface area contributed by atoms with Gasteiger partial charge in [-0.1, -0.05) is 0 Å². The number of hydrogen-bond acceptors (Lipinski definition) is 3. The third kappa shape index (κ3) is 4.12. The number of hydrogen-bond donors (Lipinski definition) is 2. The summed E-state index contributed by atoms with van der Waals surface area (Å²) in [7, 11) is 0. The highest BCUT2D eigenvalue weighted by molar-refractivity contribution is 5.24. The van der Waals surface area contributed by atoms with E-state index in [9.17, 15) is 0 Å². The lowest BCUT2D eigenvalue weighted by Gasteiger charge is -2.26. The van der Waals surface area contributed by atoms with Gasteiger partial charge >= 0.3 is 0 Å². The summed E-state index contributed by atoms with van der Waals surface area (Å²) in [6.45, 7) is 11.5. The lowest BCUT2D eigenvalue weighted by atomic mass is 10.2. The summed E-state index contributed by atoms with van der Waals surface area (Å²) >= 11 is 0. The fourth-order valence-electron chi connectivity index (χ4n) is 2.45. The smallest absolute Gasteiger partial charge is 0.0593 e. The number of piperazine rings is 1. The van der Waals surface area contributed by atoms with Crippen LogP contribution in [0.1, 0.15) is 17.0 Å². The molecule has 1 aromatic rings. The molecule has 18 heavy (non-hydrogen) atoms. The van der Waals surface area contributed by atoms with Gasteiger partial charge in [0.1, 0.15) is 0 Å². The number of nitrogens with one attached hydrogen (secondary N) is 2. The van der Waals surface area contributed by atoms with E-state index in [-0.39, 0.29) is 0 Å². The van der Waals surface area contributed by atoms with E-state index < -0.39 is 0 Å². The molecule has 4 heteroatoms. The Balaban J connectivity index is 1.57. The van der Waals surface area contributed by atoms with Gasteiger partial charge in [-0.25, -0.2) is 0 Å². The van der Waals surface area contributed by atoms with Gasteiger partial charge < -0.3 is 15.0 Å². The van der Waals surface area contributed by atoms with Gasteiger partial charge in [0.2, 0.25) is 0 Å². The van der Waals surface area contributed by atoms with Crippen LogP contribution in [0.15, 0.2) is 6.07 Å². The minimum atomic E-state index is 0.824. The Morgan fingerprint density at radius 1 is 1.22 bits per heavy atom. The first-order valence-corrected chi connectivity index (χ1v) is 6.91. The Morgan fingerprint density at radius 3 is 2.67 bits per heavy atom. The van der Waals surface area contributed by atoms with Crippen LogP contribution in [-0.4, -0.2) is 55.8 Å². The highest BCUT2D eigenvalue weighted by Crippen LogP contribution is 2.09. The third-order valence-electron chi connectivity index (χ3n) is 3.53. The Kier molecular flexibility index (Phi) is 5.23. The number of aryl methyl sites for hydroxylation is 2. The van der Waals surface area contributed by atoms with Crippen LogP contribution in [0.2, 0.25) is 0 Å². The molecule has 0 aliphatic carbocycles. The van der Waals surface area contributed by atoms with Crippen molar-refractivity contribution in [1.29, 1.82) is 0 Å². The number of aromatic amines is 1. The van der Waals surface area contributed by atoms with Gasteiger partial charge in [-0.05, 0) is 31.9 Å². The maximum absolute atomic E-state index is 5.73. The van der Waals surface area contributed by atoms with E-state index in [1.54, 1.807) is 0 Å². The Morgan fingerprint density at radius 2 is 2.00 bits per heavy atom. The van der Waals surface area contributed by atoms with Gasteiger partial charge in [-0.3, -0.25) is 4.90 Å². The van der Waals surface area contributed by atoms with E-state index in [1.807, 2.05) is 0 Å². The van der Waals surface area contributed by atoms with Gasteiger partial charge in [0.15, 0.2) is 0 Å². The highest BCUT2D eigenvalue weighted by atomic mass is 16.5.